The SMILES string of the molecule is Cc1ccc(OCC(O)CNC(=O)C2CCN(C(=O)N(C)C)CC2)c(C)c1. The minimum absolute atomic E-state index is 0.0205. The number of aliphatic hydroxyl groups excluding tert-OH is 1. The minimum atomic E-state index is -0.773. The number of amides is 3. The maximum Gasteiger partial charge on any atom is 0.319 e. The molecule has 1 saturated heterocycles. The van der Waals surface area contributed by atoms with Gasteiger partial charge in [-0.15, -0.1) is 0 Å². The molecule has 1 unspecified atom stereocenters. The third-order valence-electron chi connectivity index (χ3n) is 4.79. The zero-order valence-electron chi connectivity index (χ0n) is 16.7. The summed E-state index contributed by atoms with van der Waals surface area (Å²) in [7, 11) is 3.45. The van der Waals surface area contributed by atoms with Gasteiger partial charge in [-0.2, -0.15) is 0 Å². The highest BCUT2D eigenvalue weighted by molar-refractivity contribution is 5.79. The summed E-state index contributed by atoms with van der Waals surface area (Å²) in [6, 6.07) is 5.85. The van der Waals surface area contributed by atoms with Crippen molar-refractivity contribution in [1.29, 1.82) is 0 Å². The summed E-state index contributed by atoms with van der Waals surface area (Å²) in [4.78, 5) is 27.5. The van der Waals surface area contributed by atoms with Crippen LogP contribution in [0, 0.1) is 19.8 Å². The van der Waals surface area contributed by atoms with Crippen molar-refractivity contribution < 1.29 is 19.4 Å². The van der Waals surface area contributed by atoms with Crippen LogP contribution in [0.2, 0.25) is 0 Å². The molecule has 27 heavy (non-hydrogen) atoms. The Balaban J connectivity index is 1.70. The molecule has 7 heteroatoms. The number of aryl methyl sites for hydroxylation is 2. The third-order valence-corrected chi connectivity index (χ3v) is 4.79. The van der Waals surface area contributed by atoms with Crippen LogP contribution in [0.1, 0.15) is 24.0 Å². The van der Waals surface area contributed by atoms with Crippen molar-refractivity contribution in [2.24, 2.45) is 5.92 Å². The lowest BCUT2D eigenvalue weighted by atomic mass is 9.96. The monoisotopic (exact) mass is 377 g/mol. The van der Waals surface area contributed by atoms with Crippen LogP contribution in [-0.2, 0) is 4.79 Å². The predicted molar refractivity (Wildman–Crippen MR) is 104 cm³/mol. The van der Waals surface area contributed by atoms with Gasteiger partial charge in [0, 0.05) is 39.6 Å². The molecule has 0 aliphatic carbocycles. The molecule has 1 aromatic carbocycles. The summed E-state index contributed by atoms with van der Waals surface area (Å²) in [5.41, 5.74) is 2.18. The number of hydrogen-bond donors (Lipinski definition) is 2. The van der Waals surface area contributed by atoms with Crippen LogP contribution in [0.5, 0.6) is 5.75 Å². The summed E-state index contributed by atoms with van der Waals surface area (Å²) in [5, 5.41) is 12.9. The minimum Gasteiger partial charge on any atom is -0.491 e. The summed E-state index contributed by atoms with van der Waals surface area (Å²) < 4.78 is 5.64. The maximum atomic E-state index is 12.3. The van der Waals surface area contributed by atoms with E-state index in [1.54, 1.807) is 23.9 Å². The first-order valence-electron chi connectivity index (χ1n) is 9.40. The Morgan fingerprint density at radius 3 is 2.56 bits per heavy atom. The van der Waals surface area contributed by atoms with E-state index in [4.69, 9.17) is 4.74 Å². The van der Waals surface area contributed by atoms with Crippen molar-refractivity contribution in [3.05, 3.63) is 29.3 Å². The van der Waals surface area contributed by atoms with Crippen molar-refractivity contribution >= 4 is 11.9 Å². The lowest BCUT2D eigenvalue weighted by Gasteiger charge is -2.33. The van der Waals surface area contributed by atoms with Crippen LogP contribution >= 0.6 is 0 Å². The third kappa shape index (κ3) is 6.13. The number of rotatable bonds is 6. The van der Waals surface area contributed by atoms with Crippen LogP contribution in [0.25, 0.3) is 0 Å². The van der Waals surface area contributed by atoms with Crippen molar-refractivity contribution in [2.45, 2.75) is 32.8 Å². The fourth-order valence-electron chi connectivity index (χ4n) is 3.18. The molecule has 1 aromatic rings. The van der Waals surface area contributed by atoms with E-state index in [2.05, 4.69) is 5.32 Å². The average Bonchev–Trinajstić information content (AvgIpc) is 2.64. The number of ether oxygens (including phenoxy) is 1. The van der Waals surface area contributed by atoms with E-state index in [1.165, 1.54) is 0 Å². The Labute approximate surface area is 161 Å². The molecule has 0 spiro atoms. The van der Waals surface area contributed by atoms with E-state index in [0.29, 0.717) is 25.9 Å². The number of carbonyl (C=O) groups is 2. The molecule has 0 bridgehead atoms. The molecule has 2 N–H and O–H groups in total. The number of aliphatic hydroxyl groups is 1. The first-order chi connectivity index (χ1) is 12.8. The van der Waals surface area contributed by atoms with Crippen LogP contribution in [-0.4, -0.2) is 73.3 Å². The molecule has 0 radical (unpaired) electrons. The highest BCUT2D eigenvalue weighted by Gasteiger charge is 2.28. The predicted octanol–water partition coefficient (Wildman–Crippen LogP) is 1.55. The maximum absolute atomic E-state index is 12.3. The average molecular weight is 377 g/mol. The summed E-state index contributed by atoms with van der Waals surface area (Å²) in [6.07, 6.45) is 0.506. The fraction of sp³-hybridized carbons (Fsp3) is 0.600. The van der Waals surface area contributed by atoms with Crippen LogP contribution < -0.4 is 10.1 Å². The Hall–Kier alpha value is -2.28. The summed E-state index contributed by atoms with van der Waals surface area (Å²) in [6.45, 7) is 5.41. The van der Waals surface area contributed by atoms with Gasteiger partial charge < -0.3 is 25.0 Å². The number of nitrogens with zero attached hydrogens (tertiary/aromatic N) is 2. The standard InChI is InChI=1S/C20H31N3O4/c1-14-5-6-18(15(2)11-14)27-13-17(24)12-21-19(25)16-7-9-23(10-8-16)20(26)22(3)4/h5-6,11,16-17,24H,7-10,12-13H2,1-4H3,(H,21,25). The molecule has 1 fully saturated rings. The first kappa shape index (κ1) is 21.0. The van der Waals surface area contributed by atoms with Crippen LogP contribution in [0.15, 0.2) is 18.2 Å². The van der Waals surface area contributed by atoms with E-state index in [1.807, 2.05) is 32.0 Å². The van der Waals surface area contributed by atoms with Gasteiger partial charge in [0.15, 0.2) is 0 Å². The van der Waals surface area contributed by atoms with Crippen molar-refractivity contribution in [2.75, 3.05) is 40.3 Å². The molecule has 1 aliphatic rings. The molecule has 3 amide bonds. The molecular formula is C20H31N3O4. The van der Waals surface area contributed by atoms with Crippen molar-refractivity contribution in [1.82, 2.24) is 15.1 Å². The quantitative estimate of drug-likeness (QED) is 0.788. The smallest absolute Gasteiger partial charge is 0.319 e. The van der Waals surface area contributed by atoms with Crippen LogP contribution in [0.4, 0.5) is 4.79 Å². The largest absolute Gasteiger partial charge is 0.491 e. The molecule has 1 heterocycles. The fourth-order valence-corrected chi connectivity index (χ4v) is 3.18. The van der Waals surface area contributed by atoms with Crippen molar-refractivity contribution in [3.63, 3.8) is 0 Å². The summed E-state index contributed by atoms with van der Waals surface area (Å²) in [5.74, 6) is 0.546. The molecule has 1 aliphatic heterocycles. The first-order valence-corrected chi connectivity index (χ1v) is 9.40. The topological polar surface area (TPSA) is 82.1 Å². The van der Waals surface area contributed by atoms with Gasteiger partial charge in [-0.05, 0) is 38.3 Å². The zero-order valence-corrected chi connectivity index (χ0v) is 16.7. The zero-order chi connectivity index (χ0) is 20.0. The molecule has 0 saturated carbocycles. The number of urea groups is 1. The van der Waals surface area contributed by atoms with E-state index >= 15 is 0 Å². The Bertz CT molecular complexity index is 655. The Morgan fingerprint density at radius 2 is 1.96 bits per heavy atom. The molecule has 2 rings (SSSR count). The molecule has 150 valence electrons. The number of carbonyl (C=O) groups excluding carboxylic acids is 2. The molecule has 7 nitrogen and oxygen atoms in total. The highest BCUT2D eigenvalue weighted by Crippen LogP contribution is 2.19. The van der Waals surface area contributed by atoms with Gasteiger partial charge in [-0.3, -0.25) is 4.79 Å². The second-order valence-electron chi connectivity index (χ2n) is 7.42. The van der Waals surface area contributed by atoms with E-state index in [0.717, 1.165) is 16.9 Å². The number of piperidine rings is 1. The Morgan fingerprint density at radius 1 is 1.30 bits per heavy atom. The number of nitrogens with one attached hydrogen (secondary N) is 1. The van der Waals surface area contributed by atoms with E-state index < -0.39 is 6.10 Å². The van der Waals surface area contributed by atoms with Gasteiger partial charge >= 0.3 is 6.03 Å². The normalized spacial score (nSPS) is 16.0. The highest BCUT2D eigenvalue weighted by atomic mass is 16.5. The number of benzene rings is 1. The molecule has 0 aromatic heterocycles. The Kier molecular flexibility index (Phi) is 7.47. The van der Waals surface area contributed by atoms with Gasteiger partial charge in [0.25, 0.3) is 0 Å². The van der Waals surface area contributed by atoms with Gasteiger partial charge in [-0.1, -0.05) is 17.7 Å². The van der Waals surface area contributed by atoms with Gasteiger partial charge in [-0.25, -0.2) is 4.79 Å². The second-order valence-corrected chi connectivity index (χ2v) is 7.42. The van der Waals surface area contributed by atoms with Gasteiger partial charge in [0.1, 0.15) is 18.5 Å². The van der Waals surface area contributed by atoms with E-state index in [9.17, 15) is 14.7 Å². The van der Waals surface area contributed by atoms with Gasteiger partial charge in [0.2, 0.25) is 5.91 Å². The van der Waals surface area contributed by atoms with Crippen molar-refractivity contribution in [3.8, 4) is 5.75 Å². The van der Waals surface area contributed by atoms with E-state index in [-0.39, 0.29) is 31.0 Å². The summed E-state index contributed by atoms with van der Waals surface area (Å²) >= 11 is 0. The lowest BCUT2D eigenvalue weighted by Crippen LogP contribution is -2.47. The number of likely N-dealkylation sites (tertiary alicyclic amines) is 1. The van der Waals surface area contributed by atoms with Crippen LogP contribution in [0.3, 0.4) is 0 Å². The molecular weight excluding hydrogens is 346 g/mol. The lowest BCUT2D eigenvalue weighted by molar-refractivity contribution is -0.126. The molecule has 1 atom stereocenters. The van der Waals surface area contributed by atoms with Gasteiger partial charge in [0.05, 0.1) is 0 Å². The second kappa shape index (κ2) is 9.60. The number of hydrogen-bond acceptors (Lipinski definition) is 4.